The zero-order chi connectivity index (χ0) is 23.1. The Balaban J connectivity index is 1.73. The summed E-state index contributed by atoms with van der Waals surface area (Å²) in [7, 11) is 0. The molecular formula is C24H22F3N3O2. The zero-order valence-electron chi connectivity index (χ0n) is 17.2. The Morgan fingerprint density at radius 3 is 2.09 bits per heavy atom. The van der Waals surface area contributed by atoms with E-state index in [4.69, 9.17) is 0 Å². The summed E-state index contributed by atoms with van der Waals surface area (Å²) in [5.41, 5.74) is 1.66. The Hall–Kier alpha value is -3.81. The quantitative estimate of drug-likeness (QED) is 0.480. The largest absolute Gasteiger partial charge is 0.416 e. The van der Waals surface area contributed by atoms with E-state index in [1.807, 2.05) is 49.4 Å². The van der Waals surface area contributed by atoms with Gasteiger partial charge in [0.1, 0.15) is 6.04 Å². The number of amides is 3. The molecule has 0 spiro atoms. The number of hydrogen-bond donors (Lipinski definition) is 3. The number of urea groups is 1. The molecule has 0 radical (unpaired) electrons. The van der Waals surface area contributed by atoms with Gasteiger partial charge < -0.3 is 16.0 Å². The topological polar surface area (TPSA) is 70.2 Å². The van der Waals surface area contributed by atoms with Crippen molar-refractivity contribution < 1.29 is 22.8 Å². The van der Waals surface area contributed by atoms with Gasteiger partial charge in [0.25, 0.3) is 0 Å². The molecule has 32 heavy (non-hydrogen) atoms. The van der Waals surface area contributed by atoms with E-state index >= 15 is 0 Å². The van der Waals surface area contributed by atoms with Gasteiger partial charge in [-0.25, -0.2) is 4.79 Å². The van der Waals surface area contributed by atoms with Crippen molar-refractivity contribution in [3.05, 3.63) is 95.6 Å². The van der Waals surface area contributed by atoms with Crippen molar-refractivity contribution in [2.24, 2.45) is 0 Å². The van der Waals surface area contributed by atoms with E-state index in [2.05, 4.69) is 16.0 Å². The molecule has 1 unspecified atom stereocenters. The number of para-hydroxylation sites is 1. The third-order valence-electron chi connectivity index (χ3n) is 4.78. The lowest BCUT2D eigenvalue weighted by Gasteiger charge is -2.20. The number of carbonyl (C=O) groups excluding carboxylic acids is 2. The third-order valence-corrected chi connectivity index (χ3v) is 4.78. The molecule has 3 rings (SSSR count). The SMILES string of the molecule is Cc1ccccc1NC(=O)NC(Cc1ccccc1)C(=O)Nc1ccc(C(F)(F)F)cc1. The summed E-state index contributed by atoms with van der Waals surface area (Å²) in [5.74, 6) is -0.548. The van der Waals surface area contributed by atoms with Crippen molar-refractivity contribution in [1.82, 2.24) is 5.32 Å². The Morgan fingerprint density at radius 2 is 1.47 bits per heavy atom. The molecule has 5 nitrogen and oxygen atoms in total. The van der Waals surface area contributed by atoms with E-state index in [1.165, 1.54) is 12.1 Å². The molecular weight excluding hydrogens is 419 g/mol. The highest BCUT2D eigenvalue weighted by Gasteiger charge is 2.30. The van der Waals surface area contributed by atoms with Crippen LogP contribution in [-0.4, -0.2) is 18.0 Å². The predicted octanol–water partition coefficient (Wildman–Crippen LogP) is 5.39. The lowest BCUT2D eigenvalue weighted by atomic mass is 10.1. The van der Waals surface area contributed by atoms with Gasteiger partial charge in [-0.15, -0.1) is 0 Å². The molecule has 0 fully saturated rings. The second-order valence-electron chi connectivity index (χ2n) is 7.22. The summed E-state index contributed by atoms with van der Waals surface area (Å²) in [5, 5.41) is 7.94. The van der Waals surface area contributed by atoms with E-state index in [1.54, 1.807) is 12.1 Å². The molecule has 0 saturated heterocycles. The van der Waals surface area contributed by atoms with Gasteiger partial charge in [0.2, 0.25) is 5.91 Å². The molecule has 0 aromatic heterocycles. The van der Waals surface area contributed by atoms with Gasteiger partial charge in [0.15, 0.2) is 0 Å². The van der Waals surface area contributed by atoms with Gasteiger partial charge >= 0.3 is 12.2 Å². The molecule has 0 saturated carbocycles. The number of rotatable bonds is 6. The summed E-state index contributed by atoms with van der Waals surface area (Å²) in [6.07, 6.45) is -4.26. The first-order valence-electron chi connectivity index (χ1n) is 9.87. The van der Waals surface area contributed by atoms with E-state index in [0.29, 0.717) is 5.69 Å². The maximum Gasteiger partial charge on any atom is 0.416 e. The normalized spacial score (nSPS) is 12.0. The zero-order valence-corrected chi connectivity index (χ0v) is 17.2. The summed E-state index contributed by atoms with van der Waals surface area (Å²) < 4.78 is 38.3. The van der Waals surface area contributed by atoms with Crippen LogP contribution in [0.2, 0.25) is 0 Å². The molecule has 0 bridgehead atoms. The minimum absolute atomic E-state index is 0.196. The van der Waals surface area contributed by atoms with E-state index in [0.717, 1.165) is 23.3 Å². The highest BCUT2D eigenvalue weighted by molar-refractivity contribution is 5.99. The number of anilines is 2. The molecule has 0 aliphatic heterocycles. The van der Waals surface area contributed by atoms with Crippen LogP contribution in [0.3, 0.4) is 0 Å². The Bertz CT molecular complexity index is 1070. The second kappa shape index (κ2) is 10.00. The first kappa shape index (κ1) is 22.9. The third kappa shape index (κ3) is 6.34. The minimum atomic E-state index is -4.46. The molecule has 3 amide bonds. The number of nitrogens with one attached hydrogen (secondary N) is 3. The fourth-order valence-corrected chi connectivity index (χ4v) is 3.06. The van der Waals surface area contributed by atoms with Crippen molar-refractivity contribution in [2.45, 2.75) is 25.6 Å². The molecule has 8 heteroatoms. The molecule has 3 N–H and O–H groups in total. The fraction of sp³-hybridized carbons (Fsp3) is 0.167. The summed E-state index contributed by atoms with van der Waals surface area (Å²) >= 11 is 0. The molecule has 166 valence electrons. The highest BCUT2D eigenvalue weighted by atomic mass is 19.4. The predicted molar refractivity (Wildman–Crippen MR) is 117 cm³/mol. The van der Waals surface area contributed by atoms with Crippen LogP contribution in [0.1, 0.15) is 16.7 Å². The van der Waals surface area contributed by atoms with Crippen molar-refractivity contribution in [1.29, 1.82) is 0 Å². The van der Waals surface area contributed by atoms with Crippen LogP contribution in [0.25, 0.3) is 0 Å². The first-order valence-corrected chi connectivity index (χ1v) is 9.87. The molecule has 3 aromatic carbocycles. The van der Waals surface area contributed by atoms with E-state index in [-0.39, 0.29) is 12.1 Å². The van der Waals surface area contributed by atoms with E-state index in [9.17, 15) is 22.8 Å². The maximum absolute atomic E-state index is 12.9. The lowest BCUT2D eigenvalue weighted by molar-refractivity contribution is -0.137. The number of hydrogen-bond acceptors (Lipinski definition) is 2. The molecule has 0 aliphatic carbocycles. The minimum Gasteiger partial charge on any atom is -0.326 e. The van der Waals surface area contributed by atoms with Crippen LogP contribution in [0.4, 0.5) is 29.3 Å². The first-order chi connectivity index (χ1) is 15.2. The smallest absolute Gasteiger partial charge is 0.326 e. The summed E-state index contributed by atoms with van der Waals surface area (Å²) in [4.78, 5) is 25.4. The van der Waals surface area contributed by atoms with Crippen LogP contribution in [0.15, 0.2) is 78.9 Å². The lowest BCUT2D eigenvalue weighted by Crippen LogP contribution is -2.47. The summed E-state index contributed by atoms with van der Waals surface area (Å²) in [6, 6.07) is 18.9. The van der Waals surface area contributed by atoms with Crippen LogP contribution in [-0.2, 0) is 17.4 Å². The van der Waals surface area contributed by atoms with Gasteiger partial charge in [-0.3, -0.25) is 4.79 Å². The Labute approximate surface area is 183 Å². The maximum atomic E-state index is 12.9. The van der Waals surface area contributed by atoms with Crippen LogP contribution >= 0.6 is 0 Å². The van der Waals surface area contributed by atoms with Crippen molar-refractivity contribution in [3.8, 4) is 0 Å². The second-order valence-corrected chi connectivity index (χ2v) is 7.22. The molecule has 1 atom stereocenters. The molecule has 0 aliphatic rings. The van der Waals surface area contributed by atoms with E-state index < -0.39 is 29.7 Å². The number of halogens is 3. The average Bonchev–Trinajstić information content (AvgIpc) is 2.75. The van der Waals surface area contributed by atoms with Crippen molar-refractivity contribution in [3.63, 3.8) is 0 Å². The average molecular weight is 441 g/mol. The Morgan fingerprint density at radius 1 is 0.844 bits per heavy atom. The highest BCUT2D eigenvalue weighted by Crippen LogP contribution is 2.29. The van der Waals surface area contributed by atoms with Crippen molar-refractivity contribution >= 4 is 23.3 Å². The van der Waals surface area contributed by atoms with Gasteiger partial charge in [0, 0.05) is 17.8 Å². The van der Waals surface area contributed by atoms with Gasteiger partial charge in [-0.2, -0.15) is 13.2 Å². The van der Waals surface area contributed by atoms with Gasteiger partial charge in [-0.05, 0) is 48.4 Å². The van der Waals surface area contributed by atoms with Crippen molar-refractivity contribution in [2.75, 3.05) is 10.6 Å². The van der Waals surface area contributed by atoms with Gasteiger partial charge in [0.05, 0.1) is 5.56 Å². The summed E-state index contributed by atoms with van der Waals surface area (Å²) in [6.45, 7) is 1.84. The monoisotopic (exact) mass is 441 g/mol. The van der Waals surface area contributed by atoms with Crippen LogP contribution in [0.5, 0.6) is 0 Å². The number of alkyl halides is 3. The van der Waals surface area contributed by atoms with Crippen LogP contribution in [0, 0.1) is 6.92 Å². The molecule has 0 heterocycles. The number of carbonyl (C=O) groups is 2. The Kier molecular flexibility index (Phi) is 7.14. The van der Waals surface area contributed by atoms with Crippen LogP contribution < -0.4 is 16.0 Å². The van der Waals surface area contributed by atoms with Gasteiger partial charge in [-0.1, -0.05) is 48.5 Å². The number of aryl methyl sites for hydroxylation is 1. The molecule has 3 aromatic rings. The fourth-order valence-electron chi connectivity index (χ4n) is 3.06. The standard InChI is InChI=1S/C24H22F3N3O2/c1-16-7-5-6-10-20(16)29-23(32)30-21(15-17-8-3-2-4-9-17)22(31)28-19-13-11-18(12-14-19)24(25,26)27/h2-14,21H,15H2,1H3,(H,28,31)(H2,29,30,32). The number of benzene rings is 3.